The van der Waals surface area contributed by atoms with E-state index in [1.54, 1.807) is 6.08 Å². The molecule has 1 amide bonds. The van der Waals surface area contributed by atoms with E-state index in [-0.39, 0.29) is 12.5 Å². The van der Waals surface area contributed by atoms with Crippen LogP contribution in [0.1, 0.15) is 232 Å². The molecule has 0 aliphatic rings. The van der Waals surface area contributed by atoms with E-state index in [0.29, 0.717) is 6.42 Å². The second-order valence-electron chi connectivity index (χ2n) is 14.8. The fraction of sp³-hybridized carbons (Fsp3) is 0.886. The topological polar surface area (TPSA) is 69.6 Å². The van der Waals surface area contributed by atoms with Gasteiger partial charge < -0.3 is 15.5 Å². The van der Waals surface area contributed by atoms with Crippen molar-refractivity contribution in [3.8, 4) is 0 Å². The molecule has 0 saturated heterocycles. The summed E-state index contributed by atoms with van der Waals surface area (Å²) in [5.41, 5.74) is 0. The number of carbonyl (C=O) groups excluding carboxylic acids is 1. The van der Waals surface area contributed by atoms with Crippen molar-refractivity contribution in [3.05, 3.63) is 24.3 Å². The minimum Gasteiger partial charge on any atom is -0.394 e. The summed E-state index contributed by atoms with van der Waals surface area (Å²) >= 11 is 0. The fourth-order valence-corrected chi connectivity index (χ4v) is 6.58. The van der Waals surface area contributed by atoms with Crippen LogP contribution < -0.4 is 5.32 Å². The number of hydrogen-bond acceptors (Lipinski definition) is 3. The number of carbonyl (C=O) groups is 1. The highest BCUT2D eigenvalue weighted by Gasteiger charge is 2.17. The van der Waals surface area contributed by atoms with Gasteiger partial charge in [0.2, 0.25) is 5.91 Å². The third kappa shape index (κ3) is 36.2. The molecule has 0 heterocycles. The minimum absolute atomic E-state index is 0.0661. The van der Waals surface area contributed by atoms with Crippen molar-refractivity contribution >= 4 is 5.91 Å². The molecule has 0 aliphatic carbocycles. The lowest BCUT2D eigenvalue weighted by molar-refractivity contribution is -0.123. The fourth-order valence-electron chi connectivity index (χ4n) is 6.58. The maximum absolute atomic E-state index is 12.3. The predicted molar refractivity (Wildman–Crippen MR) is 212 cm³/mol. The van der Waals surface area contributed by atoms with Gasteiger partial charge in [-0.05, 0) is 44.9 Å². The zero-order valence-corrected chi connectivity index (χ0v) is 32.5. The van der Waals surface area contributed by atoms with Crippen LogP contribution in [0, 0.1) is 0 Å². The molecule has 48 heavy (non-hydrogen) atoms. The van der Waals surface area contributed by atoms with Gasteiger partial charge >= 0.3 is 0 Å². The van der Waals surface area contributed by atoms with Gasteiger partial charge in [0, 0.05) is 6.42 Å². The maximum atomic E-state index is 12.3. The molecular weight excluding hydrogens is 590 g/mol. The Bertz CT molecular complexity index is 691. The lowest BCUT2D eigenvalue weighted by Gasteiger charge is -2.20. The lowest BCUT2D eigenvalue weighted by atomic mass is 10.0. The molecular formula is C44H85NO3. The normalized spacial score (nSPS) is 13.2. The molecule has 0 bridgehead atoms. The average Bonchev–Trinajstić information content (AvgIpc) is 3.09. The van der Waals surface area contributed by atoms with E-state index >= 15 is 0 Å². The smallest absolute Gasteiger partial charge is 0.220 e. The predicted octanol–water partition coefficient (Wildman–Crippen LogP) is 13.2. The third-order valence-corrected chi connectivity index (χ3v) is 9.93. The van der Waals surface area contributed by atoms with Crippen LogP contribution in [-0.4, -0.2) is 34.9 Å². The number of hydrogen-bond donors (Lipinski definition) is 3. The van der Waals surface area contributed by atoms with Crippen molar-refractivity contribution in [3.63, 3.8) is 0 Å². The highest BCUT2D eigenvalue weighted by atomic mass is 16.3. The minimum atomic E-state index is -0.836. The van der Waals surface area contributed by atoms with Gasteiger partial charge in [-0.1, -0.05) is 205 Å². The Morgan fingerprint density at radius 1 is 0.479 bits per heavy atom. The number of aliphatic hydroxyl groups is 2. The second-order valence-corrected chi connectivity index (χ2v) is 14.8. The monoisotopic (exact) mass is 676 g/mol. The molecule has 3 N–H and O–H groups in total. The number of amides is 1. The summed E-state index contributed by atoms with van der Waals surface area (Å²) in [6.45, 7) is 4.30. The molecule has 0 rings (SSSR count). The summed E-state index contributed by atoms with van der Waals surface area (Å²) in [4.78, 5) is 12.3. The number of nitrogens with one attached hydrogen (secondary N) is 1. The zero-order valence-electron chi connectivity index (χ0n) is 32.5. The molecule has 0 spiro atoms. The van der Waals surface area contributed by atoms with E-state index in [1.807, 2.05) is 6.08 Å². The summed E-state index contributed by atoms with van der Waals surface area (Å²) in [5, 5.41) is 22.9. The van der Waals surface area contributed by atoms with Crippen LogP contribution in [0.5, 0.6) is 0 Å². The van der Waals surface area contributed by atoms with Crippen LogP contribution in [0.2, 0.25) is 0 Å². The molecule has 0 radical (unpaired) electrons. The van der Waals surface area contributed by atoms with Crippen LogP contribution in [-0.2, 0) is 4.79 Å². The molecule has 0 aromatic carbocycles. The van der Waals surface area contributed by atoms with Crippen molar-refractivity contribution in [2.24, 2.45) is 0 Å². The van der Waals surface area contributed by atoms with E-state index in [4.69, 9.17) is 0 Å². The van der Waals surface area contributed by atoms with E-state index < -0.39 is 12.1 Å². The summed E-state index contributed by atoms with van der Waals surface area (Å²) in [6, 6.07) is -0.619. The summed E-state index contributed by atoms with van der Waals surface area (Å²) in [7, 11) is 0. The van der Waals surface area contributed by atoms with Crippen molar-refractivity contribution in [1.82, 2.24) is 5.32 Å². The molecule has 2 atom stereocenters. The van der Waals surface area contributed by atoms with Gasteiger partial charge in [0.25, 0.3) is 0 Å². The lowest BCUT2D eigenvalue weighted by Crippen LogP contribution is -2.45. The van der Waals surface area contributed by atoms with Crippen molar-refractivity contribution in [1.29, 1.82) is 0 Å². The van der Waals surface area contributed by atoms with Gasteiger partial charge in [0.1, 0.15) is 0 Å². The van der Waals surface area contributed by atoms with E-state index in [1.165, 1.54) is 186 Å². The molecule has 284 valence electrons. The van der Waals surface area contributed by atoms with Crippen molar-refractivity contribution in [2.45, 2.75) is 244 Å². The van der Waals surface area contributed by atoms with Crippen molar-refractivity contribution in [2.75, 3.05) is 6.61 Å². The number of aliphatic hydroxyl groups excluding tert-OH is 2. The van der Waals surface area contributed by atoms with Gasteiger partial charge in [-0.25, -0.2) is 0 Å². The number of rotatable bonds is 39. The SMILES string of the molecule is CCCCCCCCCCC/C=C/C(O)C(CO)NC(=O)CCCCCCCCCCC/C=C\CCCCCCCCCCCCCC. The first kappa shape index (κ1) is 46.9. The quantitative estimate of drug-likeness (QED) is 0.0448. The van der Waals surface area contributed by atoms with Crippen LogP contribution in [0.3, 0.4) is 0 Å². The Morgan fingerprint density at radius 3 is 1.15 bits per heavy atom. The molecule has 0 aromatic heterocycles. The van der Waals surface area contributed by atoms with E-state index in [0.717, 1.165) is 25.7 Å². The van der Waals surface area contributed by atoms with E-state index in [2.05, 4.69) is 31.3 Å². The van der Waals surface area contributed by atoms with Crippen LogP contribution in [0.25, 0.3) is 0 Å². The van der Waals surface area contributed by atoms with Gasteiger partial charge in [-0.15, -0.1) is 0 Å². The molecule has 4 heteroatoms. The summed E-state index contributed by atoms with van der Waals surface area (Å²) < 4.78 is 0. The van der Waals surface area contributed by atoms with Crippen molar-refractivity contribution < 1.29 is 15.0 Å². The largest absolute Gasteiger partial charge is 0.394 e. The van der Waals surface area contributed by atoms with Gasteiger partial charge in [-0.2, -0.15) is 0 Å². The first-order chi connectivity index (χ1) is 23.7. The molecule has 0 aromatic rings. The van der Waals surface area contributed by atoms with Gasteiger partial charge in [-0.3, -0.25) is 4.79 Å². The zero-order chi connectivity index (χ0) is 35.0. The van der Waals surface area contributed by atoms with Crippen LogP contribution >= 0.6 is 0 Å². The molecule has 0 aliphatic heterocycles. The summed E-state index contributed by atoms with van der Waals surface area (Å²) in [6.07, 6.45) is 51.5. The molecule has 0 fully saturated rings. The maximum Gasteiger partial charge on any atom is 0.220 e. The standard InChI is InChI=1S/C44H85NO3/c1-3-5-7-9-11-13-15-16-17-18-19-20-21-22-23-24-25-26-27-28-30-32-34-36-38-40-44(48)45-42(41-46)43(47)39-37-35-33-31-29-14-12-10-8-6-4-2/h22-23,37,39,42-43,46-47H,3-21,24-36,38,40-41H2,1-2H3,(H,45,48)/b23-22-,39-37+. The second kappa shape index (κ2) is 40.3. The van der Waals surface area contributed by atoms with Gasteiger partial charge in [0.05, 0.1) is 18.8 Å². The van der Waals surface area contributed by atoms with Crippen LogP contribution in [0.4, 0.5) is 0 Å². The van der Waals surface area contributed by atoms with E-state index in [9.17, 15) is 15.0 Å². The Labute approximate surface area is 300 Å². The van der Waals surface area contributed by atoms with Gasteiger partial charge in [0.15, 0.2) is 0 Å². The Kier molecular flexibility index (Phi) is 39.4. The number of allylic oxidation sites excluding steroid dienone is 3. The average molecular weight is 676 g/mol. The first-order valence-corrected chi connectivity index (χ1v) is 21.6. The Hall–Kier alpha value is -1.13. The molecule has 4 nitrogen and oxygen atoms in total. The molecule has 2 unspecified atom stereocenters. The number of unbranched alkanes of at least 4 members (excludes halogenated alkanes) is 30. The van der Waals surface area contributed by atoms with Crippen LogP contribution in [0.15, 0.2) is 24.3 Å². The Morgan fingerprint density at radius 2 is 0.792 bits per heavy atom. The Balaban J connectivity index is 3.50. The molecule has 0 saturated carbocycles. The third-order valence-electron chi connectivity index (χ3n) is 9.93. The summed E-state index contributed by atoms with van der Waals surface area (Å²) in [5.74, 6) is -0.0661. The highest BCUT2D eigenvalue weighted by Crippen LogP contribution is 2.15. The first-order valence-electron chi connectivity index (χ1n) is 21.6. The highest BCUT2D eigenvalue weighted by molar-refractivity contribution is 5.76.